The van der Waals surface area contributed by atoms with Crippen LogP contribution in [0, 0.1) is 0 Å². The highest BCUT2D eigenvalue weighted by atomic mass is 16.5. The lowest BCUT2D eigenvalue weighted by atomic mass is 10.1. The Balaban J connectivity index is 1.77. The first-order chi connectivity index (χ1) is 15.6. The van der Waals surface area contributed by atoms with Crippen LogP contribution in [-0.2, 0) is 24.1 Å². The van der Waals surface area contributed by atoms with Crippen molar-refractivity contribution >= 4 is 11.6 Å². The molecule has 0 aliphatic heterocycles. The van der Waals surface area contributed by atoms with E-state index in [1.807, 2.05) is 31.2 Å². The smallest absolute Gasteiger partial charge is 0.247 e. The molecule has 1 N–H and O–H groups in total. The molecule has 7 nitrogen and oxygen atoms in total. The molecule has 0 fully saturated rings. The number of carbonyl (C=O) groups excluding carboxylic acids is 1. The SMILES string of the molecule is C=CC(=O)Nc1cccc(Oc2nc(CCc3ccc(OC)cc3OC)ncc2CC)c1. The van der Waals surface area contributed by atoms with E-state index in [2.05, 4.69) is 21.9 Å². The lowest BCUT2D eigenvalue weighted by Crippen LogP contribution is -2.07. The summed E-state index contributed by atoms with van der Waals surface area (Å²) < 4.78 is 16.8. The first kappa shape index (κ1) is 22.8. The first-order valence-electron chi connectivity index (χ1n) is 10.3. The van der Waals surface area contributed by atoms with Gasteiger partial charge in [0.2, 0.25) is 11.8 Å². The molecule has 1 aromatic heterocycles. The van der Waals surface area contributed by atoms with E-state index >= 15 is 0 Å². The number of methoxy groups -OCH3 is 2. The number of hydrogen-bond acceptors (Lipinski definition) is 6. The van der Waals surface area contributed by atoms with Crippen molar-refractivity contribution in [1.82, 2.24) is 9.97 Å². The number of anilines is 1. The summed E-state index contributed by atoms with van der Waals surface area (Å²) in [7, 11) is 3.27. The highest BCUT2D eigenvalue weighted by molar-refractivity contribution is 5.98. The second-order valence-corrected chi connectivity index (χ2v) is 6.97. The molecule has 7 heteroatoms. The summed E-state index contributed by atoms with van der Waals surface area (Å²) >= 11 is 0. The Kier molecular flexibility index (Phi) is 7.80. The van der Waals surface area contributed by atoms with Gasteiger partial charge in [0, 0.05) is 36.0 Å². The van der Waals surface area contributed by atoms with Crippen LogP contribution in [0.4, 0.5) is 5.69 Å². The van der Waals surface area contributed by atoms with Crippen molar-refractivity contribution in [3.63, 3.8) is 0 Å². The lowest BCUT2D eigenvalue weighted by Gasteiger charge is -2.12. The average molecular weight is 434 g/mol. The Morgan fingerprint density at radius 1 is 1.06 bits per heavy atom. The number of carbonyl (C=O) groups is 1. The van der Waals surface area contributed by atoms with Crippen molar-refractivity contribution < 1.29 is 19.0 Å². The van der Waals surface area contributed by atoms with Gasteiger partial charge in [-0.05, 0) is 42.7 Å². The molecular formula is C25H27N3O4. The maximum absolute atomic E-state index is 11.6. The highest BCUT2D eigenvalue weighted by Gasteiger charge is 2.11. The fourth-order valence-corrected chi connectivity index (χ4v) is 3.12. The van der Waals surface area contributed by atoms with E-state index < -0.39 is 0 Å². The maximum Gasteiger partial charge on any atom is 0.247 e. The van der Waals surface area contributed by atoms with Gasteiger partial charge in [0.05, 0.1) is 14.2 Å². The van der Waals surface area contributed by atoms with E-state index in [1.165, 1.54) is 6.08 Å². The monoisotopic (exact) mass is 433 g/mol. The summed E-state index contributed by atoms with van der Waals surface area (Å²) in [6, 6.07) is 12.9. The Morgan fingerprint density at radius 3 is 2.62 bits per heavy atom. The van der Waals surface area contributed by atoms with Crippen molar-refractivity contribution in [2.24, 2.45) is 0 Å². The van der Waals surface area contributed by atoms with Gasteiger partial charge in [-0.3, -0.25) is 4.79 Å². The fraction of sp³-hybridized carbons (Fsp3) is 0.240. The second-order valence-electron chi connectivity index (χ2n) is 6.97. The number of nitrogens with one attached hydrogen (secondary N) is 1. The quantitative estimate of drug-likeness (QED) is 0.464. The van der Waals surface area contributed by atoms with Gasteiger partial charge in [-0.1, -0.05) is 25.6 Å². The largest absolute Gasteiger partial charge is 0.497 e. The molecule has 0 aliphatic rings. The summed E-state index contributed by atoms with van der Waals surface area (Å²) in [5.74, 6) is 2.98. The van der Waals surface area contributed by atoms with Gasteiger partial charge >= 0.3 is 0 Å². The number of amides is 1. The highest BCUT2D eigenvalue weighted by Crippen LogP contribution is 2.28. The molecule has 0 saturated carbocycles. The number of rotatable bonds is 10. The van der Waals surface area contributed by atoms with Crippen LogP contribution in [0.2, 0.25) is 0 Å². The molecule has 0 spiro atoms. The van der Waals surface area contributed by atoms with Crippen LogP contribution in [0.1, 0.15) is 23.9 Å². The third kappa shape index (κ3) is 5.85. The van der Waals surface area contributed by atoms with Gasteiger partial charge in [0.25, 0.3) is 0 Å². The van der Waals surface area contributed by atoms with Crippen molar-refractivity contribution in [3.8, 4) is 23.1 Å². The lowest BCUT2D eigenvalue weighted by molar-refractivity contribution is -0.111. The fourth-order valence-electron chi connectivity index (χ4n) is 3.12. The molecule has 0 aliphatic carbocycles. The van der Waals surface area contributed by atoms with E-state index in [-0.39, 0.29) is 5.91 Å². The molecule has 32 heavy (non-hydrogen) atoms. The Bertz CT molecular complexity index is 1100. The van der Waals surface area contributed by atoms with Crippen LogP contribution in [-0.4, -0.2) is 30.1 Å². The summed E-state index contributed by atoms with van der Waals surface area (Å²) in [6.45, 7) is 5.49. The van der Waals surface area contributed by atoms with Gasteiger partial charge in [-0.2, -0.15) is 4.98 Å². The zero-order chi connectivity index (χ0) is 22.9. The second kappa shape index (κ2) is 10.9. The molecular weight excluding hydrogens is 406 g/mol. The number of ether oxygens (including phenoxy) is 3. The molecule has 0 saturated heterocycles. The molecule has 166 valence electrons. The minimum atomic E-state index is -0.283. The van der Waals surface area contributed by atoms with Crippen molar-refractivity contribution in [2.45, 2.75) is 26.2 Å². The molecule has 0 bridgehead atoms. The van der Waals surface area contributed by atoms with Gasteiger partial charge < -0.3 is 19.5 Å². The predicted octanol–water partition coefficient (Wildman–Crippen LogP) is 4.76. The van der Waals surface area contributed by atoms with Gasteiger partial charge in [-0.25, -0.2) is 4.98 Å². The van der Waals surface area contributed by atoms with Crippen LogP contribution in [0.15, 0.2) is 61.3 Å². The van der Waals surface area contributed by atoms with Crippen LogP contribution in [0.25, 0.3) is 0 Å². The number of aryl methyl sites for hydroxylation is 3. The number of benzene rings is 2. The third-order valence-electron chi connectivity index (χ3n) is 4.87. The Morgan fingerprint density at radius 2 is 1.91 bits per heavy atom. The third-order valence-corrected chi connectivity index (χ3v) is 4.87. The molecule has 1 heterocycles. The average Bonchev–Trinajstić information content (AvgIpc) is 2.82. The van der Waals surface area contributed by atoms with E-state index in [0.717, 1.165) is 29.0 Å². The minimum Gasteiger partial charge on any atom is -0.497 e. The summed E-state index contributed by atoms with van der Waals surface area (Å²) in [5.41, 5.74) is 2.56. The molecule has 3 aromatic rings. The molecule has 0 radical (unpaired) electrons. The number of hydrogen-bond donors (Lipinski definition) is 1. The van der Waals surface area contributed by atoms with Crippen LogP contribution in [0.5, 0.6) is 23.1 Å². The Labute approximate surface area is 188 Å². The van der Waals surface area contributed by atoms with Crippen LogP contribution >= 0.6 is 0 Å². The van der Waals surface area contributed by atoms with E-state index in [1.54, 1.807) is 38.6 Å². The predicted molar refractivity (Wildman–Crippen MR) is 124 cm³/mol. The van der Waals surface area contributed by atoms with Gasteiger partial charge in [0.15, 0.2) is 0 Å². The van der Waals surface area contributed by atoms with E-state index in [4.69, 9.17) is 14.2 Å². The molecule has 0 atom stereocenters. The summed E-state index contributed by atoms with van der Waals surface area (Å²) in [4.78, 5) is 20.7. The summed E-state index contributed by atoms with van der Waals surface area (Å²) in [6.07, 6.45) is 5.08. The first-order valence-corrected chi connectivity index (χ1v) is 10.3. The van der Waals surface area contributed by atoms with Crippen LogP contribution in [0.3, 0.4) is 0 Å². The molecule has 2 aromatic carbocycles. The maximum atomic E-state index is 11.6. The number of nitrogens with zero attached hydrogens (tertiary/aromatic N) is 2. The standard InChI is InChI=1S/C25H27N3O4/c1-5-17-16-26-23(13-11-18-10-12-20(30-3)15-22(18)31-4)28-25(17)32-21-9-7-8-19(14-21)27-24(29)6-2/h6-10,12,14-16H,2,5,11,13H2,1,3-4H3,(H,27,29). The van der Waals surface area contributed by atoms with Gasteiger partial charge in [0.1, 0.15) is 23.1 Å². The van der Waals surface area contributed by atoms with Crippen molar-refractivity contribution in [1.29, 1.82) is 0 Å². The number of aromatic nitrogens is 2. The zero-order valence-corrected chi connectivity index (χ0v) is 18.6. The van der Waals surface area contributed by atoms with Gasteiger partial charge in [-0.15, -0.1) is 0 Å². The summed E-state index contributed by atoms with van der Waals surface area (Å²) in [5, 5.41) is 2.72. The van der Waals surface area contributed by atoms with Crippen molar-refractivity contribution in [2.75, 3.05) is 19.5 Å². The van der Waals surface area contributed by atoms with E-state index in [0.29, 0.717) is 36.0 Å². The molecule has 1 amide bonds. The minimum absolute atomic E-state index is 0.283. The van der Waals surface area contributed by atoms with Crippen molar-refractivity contribution in [3.05, 3.63) is 78.3 Å². The Hall–Kier alpha value is -3.87. The normalized spacial score (nSPS) is 10.3. The topological polar surface area (TPSA) is 82.6 Å². The molecule has 3 rings (SSSR count). The van der Waals surface area contributed by atoms with E-state index in [9.17, 15) is 4.79 Å². The van der Waals surface area contributed by atoms with Crippen LogP contribution < -0.4 is 19.5 Å². The molecule has 0 unspecified atom stereocenters. The zero-order valence-electron chi connectivity index (χ0n) is 18.6.